The number of ether oxygens (including phenoxy) is 1. The zero-order chi connectivity index (χ0) is 17.0. The van der Waals surface area contributed by atoms with Gasteiger partial charge in [0.2, 0.25) is 5.91 Å². The second-order valence-corrected chi connectivity index (χ2v) is 6.59. The monoisotopic (exact) mass is 331 g/mol. The van der Waals surface area contributed by atoms with Crippen LogP contribution in [-0.4, -0.2) is 28.2 Å². The number of hydrogen-bond donors (Lipinski definition) is 1. The van der Waals surface area contributed by atoms with E-state index in [4.69, 9.17) is 4.74 Å². The average Bonchev–Trinajstić information content (AvgIpc) is 2.52. The number of aryl methyl sites for hydroxylation is 2. The van der Waals surface area contributed by atoms with E-state index in [2.05, 4.69) is 15.3 Å². The van der Waals surface area contributed by atoms with Crippen molar-refractivity contribution >= 4 is 23.4 Å². The second-order valence-electron chi connectivity index (χ2n) is 5.28. The van der Waals surface area contributed by atoms with Crippen molar-refractivity contribution in [2.24, 2.45) is 0 Å². The summed E-state index contributed by atoms with van der Waals surface area (Å²) in [6, 6.07) is 7.28. The summed E-state index contributed by atoms with van der Waals surface area (Å²) in [6.07, 6.45) is 0. The fourth-order valence-electron chi connectivity index (χ4n) is 1.95. The Kier molecular flexibility index (Phi) is 5.60. The van der Waals surface area contributed by atoms with Crippen LogP contribution in [0.4, 0.5) is 5.69 Å². The van der Waals surface area contributed by atoms with Crippen LogP contribution in [0.3, 0.4) is 0 Å². The van der Waals surface area contributed by atoms with E-state index >= 15 is 0 Å². The number of carbonyl (C=O) groups excluding carboxylic acids is 1. The maximum absolute atomic E-state index is 12.3. The van der Waals surface area contributed by atoms with Gasteiger partial charge in [0.25, 0.3) is 0 Å². The maximum atomic E-state index is 12.3. The third-order valence-electron chi connectivity index (χ3n) is 3.60. The van der Waals surface area contributed by atoms with Gasteiger partial charge in [0.15, 0.2) is 5.16 Å². The fourth-order valence-corrected chi connectivity index (χ4v) is 2.81. The minimum absolute atomic E-state index is 0.0947. The predicted octanol–water partition coefficient (Wildman–Crippen LogP) is 3.53. The molecule has 1 atom stereocenters. The van der Waals surface area contributed by atoms with E-state index in [9.17, 15) is 4.79 Å². The average molecular weight is 331 g/mol. The van der Waals surface area contributed by atoms with Crippen molar-refractivity contribution in [3.8, 4) is 5.75 Å². The third-order valence-corrected chi connectivity index (χ3v) is 4.56. The Morgan fingerprint density at radius 3 is 2.48 bits per heavy atom. The lowest BCUT2D eigenvalue weighted by Crippen LogP contribution is -2.22. The highest BCUT2D eigenvalue weighted by molar-refractivity contribution is 8.00. The number of anilines is 1. The molecule has 0 saturated heterocycles. The highest BCUT2D eigenvalue weighted by Crippen LogP contribution is 2.23. The number of rotatable bonds is 5. The standard InChI is InChI=1S/C17H21N3O2S/c1-10-11(2)18-17(19-12(10)3)23-13(4)16(21)20-14-7-6-8-15(9-14)22-5/h6-9,13H,1-5H3,(H,20,21)/t13-/m1/s1. The van der Waals surface area contributed by atoms with E-state index < -0.39 is 0 Å². The van der Waals surface area contributed by atoms with Crippen LogP contribution < -0.4 is 10.1 Å². The second kappa shape index (κ2) is 7.46. The Morgan fingerprint density at radius 1 is 1.22 bits per heavy atom. The summed E-state index contributed by atoms with van der Waals surface area (Å²) in [5.41, 5.74) is 3.68. The number of nitrogens with zero attached hydrogens (tertiary/aromatic N) is 2. The summed E-state index contributed by atoms with van der Waals surface area (Å²) in [4.78, 5) is 21.2. The van der Waals surface area contributed by atoms with Gasteiger partial charge in [0.1, 0.15) is 5.75 Å². The number of benzene rings is 1. The number of nitrogens with one attached hydrogen (secondary N) is 1. The zero-order valence-electron chi connectivity index (χ0n) is 14.0. The molecule has 1 aromatic carbocycles. The molecule has 0 spiro atoms. The van der Waals surface area contributed by atoms with Gasteiger partial charge in [0, 0.05) is 23.1 Å². The van der Waals surface area contributed by atoms with E-state index in [1.54, 1.807) is 13.2 Å². The van der Waals surface area contributed by atoms with Crippen molar-refractivity contribution < 1.29 is 9.53 Å². The van der Waals surface area contributed by atoms with Crippen LogP contribution in [0.5, 0.6) is 5.75 Å². The minimum Gasteiger partial charge on any atom is -0.497 e. The first-order valence-corrected chi connectivity index (χ1v) is 8.22. The zero-order valence-corrected chi connectivity index (χ0v) is 14.8. The number of methoxy groups -OCH3 is 1. The van der Waals surface area contributed by atoms with E-state index in [1.807, 2.05) is 45.9 Å². The molecule has 2 aromatic rings. The van der Waals surface area contributed by atoms with Crippen molar-refractivity contribution in [2.75, 3.05) is 12.4 Å². The molecule has 1 heterocycles. The number of hydrogen-bond acceptors (Lipinski definition) is 5. The molecule has 0 unspecified atom stereocenters. The quantitative estimate of drug-likeness (QED) is 0.671. The van der Waals surface area contributed by atoms with Crippen molar-refractivity contribution in [1.29, 1.82) is 0 Å². The van der Waals surface area contributed by atoms with Crippen LogP contribution in [0.15, 0.2) is 29.4 Å². The Hall–Kier alpha value is -2.08. The molecule has 0 aliphatic carbocycles. The Balaban J connectivity index is 2.05. The summed E-state index contributed by atoms with van der Waals surface area (Å²) >= 11 is 1.35. The molecular formula is C17H21N3O2S. The van der Waals surface area contributed by atoms with Gasteiger partial charge < -0.3 is 10.1 Å². The smallest absolute Gasteiger partial charge is 0.237 e. The summed E-state index contributed by atoms with van der Waals surface area (Å²) in [5.74, 6) is 0.610. The van der Waals surface area contributed by atoms with Gasteiger partial charge in [-0.3, -0.25) is 4.79 Å². The number of carbonyl (C=O) groups is 1. The highest BCUT2D eigenvalue weighted by Gasteiger charge is 2.17. The summed E-state index contributed by atoms with van der Waals surface area (Å²) in [6.45, 7) is 7.75. The Bertz CT molecular complexity index is 696. The first kappa shape index (κ1) is 17.3. The van der Waals surface area contributed by atoms with Gasteiger partial charge in [-0.25, -0.2) is 9.97 Å². The molecular weight excluding hydrogens is 310 g/mol. The van der Waals surface area contributed by atoms with Gasteiger partial charge in [-0.1, -0.05) is 17.8 Å². The molecule has 1 N–H and O–H groups in total. The molecule has 0 radical (unpaired) electrons. The first-order valence-electron chi connectivity index (χ1n) is 7.34. The SMILES string of the molecule is COc1cccc(NC(=O)[C@@H](C)Sc2nc(C)c(C)c(C)n2)c1. The maximum Gasteiger partial charge on any atom is 0.237 e. The van der Waals surface area contributed by atoms with E-state index in [0.29, 0.717) is 16.6 Å². The lowest BCUT2D eigenvalue weighted by molar-refractivity contribution is -0.115. The summed E-state index contributed by atoms with van der Waals surface area (Å²) < 4.78 is 5.15. The van der Waals surface area contributed by atoms with Crippen molar-refractivity contribution in [3.63, 3.8) is 0 Å². The normalized spacial score (nSPS) is 11.9. The topological polar surface area (TPSA) is 64.1 Å². The molecule has 0 aliphatic heterocycles. The molecule has 0 bridgehead atoms. The largest absolute Gasteiger partial charge is 0.497 e. The van der Waals surface area contributed by atoms with Crippen LogP contribution in [0, 0.1) is 20.8 Å². The molecule has 1 amide bonds. The van der Waals surface area contributed by atoms with Crippen LogP contribution >= 0.6 is 11.8 Å². The number of aromatic nitrogens is 2. The molecule has 0 fully saturated rings. The lowest BCUT2D eigenvalue weighted by atomic mass is 10.2. The molecule has 6 heteroatoms. The van der Waals surface area contributed by atoms with Crippen LogP contribution in [0.1, 0.15) is 23.9 Å². The Morgan fingerprint density at radius 2 is 1.87 bits per heavy atom. The summed E-state index contributed by atoms with van der Waals surface area (Å²) in [7, 11) is 1.60. The van der Waals surface area contributed by atoms with Crippen molar-refractivity contribution in [2.45, 2.75) is 38.1 Å². The molecule has 2 rings (SSSR count). The van der Waals surface area contributed by atoms with Gasteiger partial charge in [0.05, 0.1) is 12.4 Å². The minimum atomic E-state index is -0.303. The van der Waals surface area contributed by atoms with Crippen molar-refractivity contribution in [3.05, 3.63) is 41.2 Å². The van der Waals surface area contributed by atoms with E-state index in [1.165, 1.54) is 11.8 Å². The first-order chi connectivity index (χ1) is 10.9. The number of amides is 1. The lowest BCUT2D eigenvalue weighted by Gasteiger charge is -2.13. The fraction of sp³-hybridized carbons (Fsp3) is 0.353. The third kappa shape index (κ3) is 4.45. The van der Waals surface area contributed by atoms with Crippen LogP contribution in [-0.2, 0) is 4.79 Å². The molecule has 122 valence electrons. The molecule has 5 nitrogen and oxygen atoms in total. The van der Waals surface area contributed by atoms with Gasteiger partial charge in [-0.2, -0.15) is 0 Å². The molecule has 0 aliphatic rings. The van der Waals surface area contributed by atoms with Gasteiger partial charge >= 0.3 is 0 Å². The van der Waals surface area contributed by atoms with E-state index in [0.717, 1.165) is 17.0 Å². The molecule has 1 aromatic heterocycles. The van der Waals surface area contributed by atoms with E-state index in [-0.39, 0.29) is 11.2 Å². The van der Waals surface area contributed by atoms with Gasteiger partial charge in [-0.05, 0) is 45.4 Å². The van der Waals surface area contributed by atoms with Crippen LogP contribution in [0.25, 0.3) is 0 Å². The van der Waals surface area contributed by atoms with Crippen molar-refractivity contribution in [1.82, 2.24) is 9.97 Å². The number of thioether (sulfide) groups is 1. The van der Waals surface area contributed by atoms with Crippen LogP contribution in [0.2, 0.25) is 0 Å². The summed E-state index contributed by atoms with van der Waals surface area (Å²) in [5, 5.41) is 3.20. The van der Waals surface area contributed by atoms with Gasteiger partial charge in [-0.15, -0.1) is 0 Å². The molecule has 23 heavy (non-hydrogen) atoms. The highest BCUT2D eigenvalue weighted by atomic mass is 32.2. The molecule has 0 saturated carbocycles. The predicted molar refractivity (Wildman–Crippen MR) is 93.2 cm³/mol. The Labute approximate surface area is 140 Å².